The maximum atomic E-state index is 11.0. The summed E-state index contributed by atoms with van der Waals surface area (Å²) < 4.78 is 19.7. The van der Waals surface area contributed by atoms with Gasteiger partial charge >= 0.3 is 17.9 Å². The average Bonchev–Trinajstić information content (AvgIpc) is 2.61. The minimum atomic E-state index is -1.94. The van der Waals surface area contributed by atoms with Gasteiger partial charge in [-0.25, -0.2) is 0 Å². The zero-order valence-electron chi connectivity index (χ0n) is 11.6. The first-order valence-electron chi connectivity index (χ1n) is 6.07. The van der Waals surface area contributed by atoms with Crippen molar-refractivity contribution in [3.05, 3.63) is 0 Å². The van der Waals surface area contributed by atoms with E-state index in [2.05, 4.69) is 0 Å². The third kappa shape index (κ3) is 4.78. The molecule has 0 spiro atoms. The molecule has 0 bridgehead atoms. The Morgan fingerprint density at radius 3 is 2.25 bits per heavy atom. The predicted molar refractivity (Wildman–Crippen MR) is 63.3 cm³/mol. The third-order valence-electron chi connectivity index (χ3n) is 2.61. The zero-order valence-corrected chi connectivity index (χ0v) is 11.6. The summed E-state index contributed by atoms with van der Waals surface area (Å²) in [6.07, 6.45) is -1.52. The van der Waals surface area contributed by atoms with Crippen LogP contribution in [0, 0.1) is 0 Å². The molecule has 1 N–H and O–H groups in total. The molecule has 0 amide bonds. The lowest BCUT2D eigenvalue weighted by atomic mass is 10.1. The Labute approximate surface area is 115 Å². The second-order valence-electron chi connectivity index (χ2n) is 4.50. The summed E-state index contributed by atoms with van der Waals surface area (Å²) in [6.45, 7) is 3.04. The first-order valence-corrected chi connectivity index (χ1v) is 6.07. The summed E-state index contributed by atoms with van der Waals surface area (Å²) in [5, 5.41) is 10.3. The van der Waals surface area contributed by atoms with E-state index < -0.39 is 42.5 Å². The molecule has 3 atom stereocenters. The van der Waals surface area contributed by atoms with Crippen LogP contribution in [0.5, 0.6) is 0 Å². The molecule has 8 nitrogen and oxygen atoms in total. The maximum absolute atomic E-state index is 11.0. The summed E-state index contributed by atoms with van der Waals surface area (Å²) in [6, 6.07) is 0. The Balaban J connectivity index is 2.68. The predicted octanol–water partition coefficient (Wildman–Crippen LogP) is -0.478. The molecule has 1 aliphatic rings. The number of carbonyl (C=O) groups is 3. The van der Waals surface area contributed by atoms with Crippen molar-refractivity contribution in [2.45, 2.75) is 45.2 Å². The van der Waals surface area contributed by atoms with Gasteiger partial charge in [-0.05, 0) is 0 Å². The van der Waals surface area contributed by atoms with Crippen LogP contribution in [-0.4, -0.2) is 54.2 Å². The number of hydrogen-bond acceptors (Lipinski definition) is 8. The molecule has 0 aromatic carbocycles. The van der Waals surface area contributed by atoms with Crippen LogP contribution in [0.3, 0.4) is 0 Å². The van der Waals surface area contributed by atoms with E-state index in [1.165, 1.54) is 20.8 Å². The Kier molecular flexibility index (Phi) is 5.46. The lowest BCUT2D eigenvalue weighted by molar-refractivity contribution is -0.257. The summed E-state index contributed by atoms with van der Waals surface area (Å²) in [7, 11) is 0. The monoisotopic (exact) mass is 290 g/mol. The lowest BCUT2D eigenvalue weighted by Gasteiger charge is -2.27. The lowest BCUT2D eigenvalue weighted by Crippen LogP contribution is -2.46. The fourth-order valence-electron chi connectivity index (χ4n) is 1.82. The number of ether oxygens (including phenoxy) is 4. The number of carbonyl (C=O) groups excluding carboxylic acids is 3. The summed E-state index contributed by atoms with van der Waals surface area (Å²) in [5.74, 6) is -3.64. The fourth-order valence-corrected chi connectivity index (χ4v) is 1.82. The smallest absolute Gasteiger partial charge is 0.303 e. The van der Waals surface area contributed by atoms with Crippen LogP contribution in [0.25, 0.3) is 0 Å². The van der Waals surface area contributed by atoms with E-state index in [-0.39, 0.29) is 13.0 Å². The Hall–Kier alpha value is -1.67. The quantitative estimate of drug-likeness (QED) is 0.534. The van der Waals surface area contributed by atoms with E-state index in [4.69, 9.17) is 18.9 Å². The number of esters is 3. The van der Waals surface area contributed by atoms with Crippen molar-refractivity contribution >= 4 is 17.9 Å². The Bertz CT molecular complexity index is 393. The molecule has 1 heterocycles. The van der Waals surface area contributed by atoms with Gasteiger partial charge in [0.2, 0.25) is 5.79 Å². The van der Waals surface area contributed by atoms with Gasteiger partial charge in [0.25, 0.3) is 0 Å². The summed E-state index contributed by atoms with van der Waals surface area (Å²) >= 11 is 0. The van der Waals surface area contributed by atoms with Crippen molar-refractivity contribution < 1.29 is 38.4 Å². The highest BCUT2D eigenvalue weighted by molar-refractivity contribution is 5.67. The van der Waals surface area contributed by atoms with Crippen molar-refractivity contribution in [2.24, 2.45) is 0 Å². The van der Waals surface area contributed by atoms with Gasteiger partial charge in [-0.3, -0.25) is 14.4 Å². The van der Waals surface area contributed by atoms with Gasteiger partial charge in [-0.2, -0.15) is 0 Å². The number of hydrogen-bond donors (Lipinski definition) is 1. The van der Waals surface area contributed by atoms with Gasteiger partial charge in [0, 0.05) is 27.2 Å². The van der Waals surface area contributed by atoms with Gasteiger partial charge in [0.1, 0.15) is 13.2 Å². The second-order valence-corrected chi connectivity index (χ2v) is 4.50. The number of rotatable bonds is 5. The topological polar surface area (TPSA) is 108 Å². The summed E-state index contributed by atoms with van der Waals surface area (Å²) in [5.41, 5.74) is 0. The highest BCUT2D eigenvalue weighted by atomic mass is 16.7. The molecule has 1 aliphatic heterocycles. The fraction of sp³-hybridized carbons (Fsp3) is 0.750. The standard InChI is InChI=1S/C12H18O8/c1-7(13)17-5-10-4-11(19-9(3)15)12(16,20-10)6-18-8(2)14/h10-11,16H,4-6H2,1-3H3/t10-,11+,12?/m0/s1. The molecular weight excluding hydrogens is 272 g/mol. The van der Waals surface area contributed by atoms with Crippen molar-refractivity contribution in [1.29, 1.82) is 0 Å². The highest BCUT2D eigenvalue weighted by Crippen LogP contribution is 2.32. The maximum Gasteiger partial charge on any atom is 0.303 e. The van der Waals surface area contributed by atoms with Crippen LogP contribution in [0.2, 0.25) is 0 Å². The highest BCUT2D eigenvalue weighted by Gasteiger charge is 2.51. The van der Waals surface area contributed by atoms with Crippen LogP contribution in [0.4, 0.5) is 0 Å². The van der Waals surface area contributed by atoms with Crippen molar-refractivity contribution in [1.82, 2.24) is 0 Å². The average molecular weight is 290 g/mol. The summed E-state index contributed by atoms with van der Waals surface area (Å²) in [4.78, 5) is 32.6. The minimum absolute atomic E-state index is 0.0878. The molecule has 0 aromatic rings. The molecule has 20 heavy (non-hydrogen) atoms. The van der Waals surface area contributed by atoms with Gasteiger partial charge < -0.3 is 24.1 Å². The minimum Gasteiger partial charge on any atom is -0.463 e. The molecule has 1 rings (SSSR count). The van der Waals surface area contributed by atoms with Gasteiger partial charge in [-0.15, -0.1) is 0 Å². The van der Waals surface area contributed by atoms with E-state index >= 15 is 0 Å². The van der Waals surface area contributed by atoms with E-state index in [0.29, 0.717) is 0 Å². The van der Waals surface area contributed by atoms with Crippen LogP contribution < -0.4 is 0 Å². The van der Waals surface area contributed by atoms with Crippen molar-refractivity contribution in [3.8, 4) is 0 Å². The van der Waals surface area contributed by atoms with E-state index in [9.17, 15) is 19.5 Å². The largest absolute Gasteiger partial charge is 0.463 e. The SMILES string of the molecule is CC(=O)OC[C@@H]1C[C@@H](OC(C)=O)C(O)(COC(C)=O)O1. The molecule has 1 unspecified atom stereocenters. The van der Waals surface area contributed by atoms with Crippen LogP contribution >= 0.6 is 0 Å². The van der Waals surface area contributed by atoms with Crippen LogP contribution in [0.1, 0.15) is 27.2 Å². The normalized spacial score (nSPS) is 28.8. The van der Waals surface area contributed by atoms with Crippen LogP contribution in [-0.2, 0) is 33.3 Å². The molecular formula is C12H18O8. The first-order chi connectivity index (χ1) is 9.23. The van der Waals surface area contributed by atoms with E-state index in [0.717, 1.165) is 0 Å². The molecule has 0 saturated carbocycles. The first kappa shape index (κ1) is 16.4. The van der Waals surface area contributed by atoms with Gasteiger partial charge in [0.15, 0.2) is 6.10 Å². The number of aliphatic hydroxyl groups is 1. The molecule has 114 valence electrons. The molecule has 0 aromatic heterocycles. The molecule has 1 saturated heterocycles. The Morgan fingerprint density at radius 1 is 1.15 bits per heavy atom. The third-order valence-corrected chi connectivity index (χ3v) is 2.61. The Morgan fingerprint density at radius 2 is 1.75 bits per heavy atom. The van der Waals surface area contributed by atoms with Crippen molar-refractivity contribution in [3.63, 3.8) is 0 Å². The molecule has 8 heteroatoms. The van der Waals surface area contributed by atoms with Gasteiger partial charge in [-0.1, -0.05) is 0 Å². The van der Waals surface area contributed by atoms with E-state index in [1.54, 1.807) is 0 Å². The van der Waals surface area contributed by atoms with Gasteiger partial charge in [0.05, 0.1) is 6.10 Å². The molecule has 0 aliphatic carbocycles. The van der Waals surface area contributed by atoms with Crippen LogP contribution in [0.15, 0.2) is 0 Å². The molecule has 0 radical (unpaired) electrons. The molecule has 1 fully saturated rings. The second kappa shape index (κ2) is 6.67. The van der Waals surface area contributed by atoms with Crippen molar-refractivity contribution in [2.75, 3.05) is 13.2 Å². The van der Waals surface area contributed by atoms with E-state index in [1.807, 2.05) is 0 Å². The zero-order chi connectivity index (χ0) is 15.3.